The van der Waals surface area contributed by atoms with E-state index in [-0.39, 0.29) is 18.5 Å². The number of amides is 3. The second kappa shape index (κ2) is 6.15. The van der Waals surface area contributed by atoms with Crippen molar-refractivity contribution in [3.8, 4) is 0 Å². The zero-order valence-corrected chi connectivity index (χ0v) is 13.9. The molecule has 1 heterocycles. The van der Waals surface area contributed by atoms with Crippen molar-refractivity contribution in [1.29, 1.82) is 0 Å². The summed E-state index contributed by atoms with van der Waals surface area (Å²) >= 11 is 1.74. The first-order chi connectivity index (χ1) is 9.45. The van der Waals surface area contributed by atoms with Crippen LogP contribution in [0.1, 0.15) is 16.7 Å². The van der Waals surface area contributed by atoms with E-state index in [1.165, 1.54) is 15.4 Å². The maximum absolute atomic E-state index is 12.0. The first kappa shape index (κ1) is 15.3. The SMILES string of the molecule is Cc1cc(N2C(=O)CN(C)C2=O)cc(C)c1CCSP. The zero-order valence-electron chi connectivity index (χ0n) is 12.0. The van der Waals surface area contributed by atoms with E-state index in [0.717, 1.165) is 23.3 Å². The van der Waals surface area contributed by atoms with Crippen LogP contribution in [0, 0.1) is 13.8 Å². The Balaban J connectivity index is 2.35. The van der Waals surface area contributed by atoms with Crippen molar-refractivity contribution in [3.63, 3.8) is 0 Å². The molecule has 0 radical (unpaired) electrons. The van der Waals surface area contributed by atoms with Crippen molar-refractivity contribution >= 4 is 37.4 Å². The van der Waals surface area contributed by atoms with Crippen molar-refractivity contribution in [1.82, 2.24) is 4.90 Å². The number of hydrogen-bond donors (Lipinski definition) is 0. The number of rotatable bonds is 4. The summed E-state index contributed by atoms with van der Waals surface area (Å²) in [5.74, 6) is 0.875. The maximum Gasteiger partial charge on any atom is 0.331 e. The van der Waals surface area contributed by atoms with Gasteiger partial charge in [-0.2, -0.15) is 0 Å². The molecule has 0 aromatic heterocycles. The van der Waals surface area contributed by atoms with Crippen LogP contribution >= 0.6 is 19.8 Å². The minimum absolute atomic E-state index is 0.155. The zero-order chi connectivity index (χ0) is 14.9. The molecule has 0 saturated carbocycles. The van der Waals surface area contributed by atoms with Gasteiger partial charge in [-0.3, -0.25) is 4.79 Å². The second-order valence-corrected chi connectivity index (χ2v) is 6.79. The van der Waals surface area contributed by atoms with Crippen molar-refractivity contribution in [2.24, 2.45) is 0 Å². The van der Waals surface area contributed by atoms with Crippen LogP contribution in [-0.2, 0) is 11.2 Å². The van der Waals surface area contributed by atoms with Gasteiger partial charge in [0.2, 0.25) is 0 Å². The van der Waals surface area contributed by atoms with Gasteiger partial charge in [-0.1, -0.05) is 8.44 Å². The number of nitrogens with zero attached hydrogens (tertiary/aromatic N) is 2. The van der Waals surface area contributed by atoms with Crippen molar-refractivity contribution < 1.29 is 9.59 Å². The highest BCUT2D eigenvalue weighted by Gasteiger charge is 2.35. The van der Waals surface area contributed by atoms with Gasteiger partial charge < -0.3 is 4.90 Å². The quantitative estimate of drug-likeness (QED) is 0.634. The van der Waals surface area contributed by atoms with Crippen LogP contribution in [0.2, 0.25) is 0 Å². The maximum atomic E-state index is 12.0. The smallest absolute Gasteiger partial charge is 0.318 e. The topological polar surface area (TPSA) is 40.6 Å². The molecule has 6 heteroatoms. The number of urea groups is 1. The van der Waals surface area contributed by atoms with Gasteiger partial charge in [0.05, 0.1) is 5.69 Å². The van der Waals surface area contributed by atoms with Gasteiger partial charge in [-0.25, -0.2) is 9.69 Å². The Morgan fingerprint density at radius 2 is 1.85 bits per heavy atom. The van der Waals surface area contributed by atoms with Gasteiger partial charge >= 0.3 is 6.03 Å². The highest BCUT2D eigenvalue weighted by atomic mass is 32.7. The van der Waals surface area contributed by atoms with E-state index in [2.05, 4.69) is 8.44 Å². The molecule has 1 aliphatic rings. The van der Waals surface area contributed by atoms with E-state index in [4.69, 9.17) is 0 Å². The molecule has 0 N–H and O–H groups in total. The van der Waals surface area contributed by atoms with Crippen LogP contribution in [0.15, 0.2) is 12.1 Å². The summed E-state index contributed by atoms with van der Waals surface area (Å²) in [5, 5.41) is 0. The predicted octanol–water partition coefficient (Wildman–Crippen LogP) is 2.77. The Morgan fingerprint density at radius 3 is 2.30 bits per heavy atom. The summed E-state index contributed by atoms with van der Waals surface area (Å²) in [6.07, 6.45) is 0.994. The molecule has 1 unspecified atom stereocenters. The lowest BCUT2D eigenvalue weighted by atomic mass is 9.99. The van der Waals surface area contributed by atoms with Crippen molar-refractivity contribution in [2.75, 3.05) is 24.2 Å². The van der Waals surface area contributed by atoms with Crippen LogP contribution in [0.4, 0.5) is 10.5 Å². The minimum atomic E-state index is -0.248. The van der Waals surface area contributed by atoms with Crippen LogP contribution < -0.4 is 4.90 Å². The van der Waals surface area contributed by atoms with Crippen LogP contribution in [0.25, 0.3) is 0 Å². The number of carbonyl (C=O) groups excluding carboxylic acids is 2. The van der Waals surface area contributed by atoms with Gasteiger partial charge in [-0.05, 0) is 49.1 Å². The fourth-order valence-corrected chi connectivity index (χ4v) is 3.20. The highest BCUT2D eigenvalue weighted by molar-refractivity contribution is 8.43. The molecular formula is C14H19N2O2PS. The third-order valence-electron chi connectivity index (χ3n) is 3.55. The predicted molar refractivity (Wildman–Crippen MR) is 87.3 cm³/mol. The molecule has 0 spiro atoms. The molecule has 20 heavy (non-hydrogen) atoms. The Labute approximate surface area is 125 Å². The normalized spacial score (nSPS) is 15.4. The van der Waals surface area contributed by atoms with E-state index >= 15 is 0 Å². The molecule has 1 saturated heterocycles. The monoisotopic (exact) mass is 310 g/mol. The standard InChI is InChI=1S/C14H19N2O2PS/c1-9-6-11(7-10(2)12(9)4-5-20-19)16-13(17)8-15(3)14(16)18/h6-7H,4-5,8,19H2,1-3H3. The number of likely N-dealkylation sites (N-methyl/N-ethyl adjacent to an activating group) is 1. The number of hydrogen-bond acceptors (Lipinski definition) is 3. The molecule has 2 rings (SSSR count). The number of benzene rings is 1. The van der Waals surface area contributed by atoms with Gasteiger partial charge in [0.25, 0.3) is 5.91 Å². The largest absolute Gasteiger partial charge is 0.331 e. The van der Waals surface area contributed by atoms with Crippen LogP contribution in [-0.4, -0.2) is 36.2 Å². The molecule has 4 nitrogen and oxygen atoms in total. The van der Waals surface area contributed by atoms with Crippen molar-refractivity contribution in [3.05, 3.63) is 28.8 Å². The third kappa shape index (κ3) is 2.84. The van der Waals surface area contributed by atoms with Crippen LogP contribution in [0.5, 0.6) is 0 Å². The lowest BCUT2D eigenvalue weighted by molar-refractivity contribution is -0.116. The summed E-state index contributed by atoms with van der Waals surface area (Å²) in [6.45, 7) is 4.23. The van der Waals surface area contributed by atoms with Gasteiger partial charge in [-0.15, -0.1) is 11.4 Å². The number of anilines is 1. The molecule has 1 aliphatic heterocycles. The summed E-state index contributed by atoms with van der Waals surface area (Å²) < 4.78 is 0. The number of carbonyl (C=O) groups is 2. The van der Waals surface area contributed by atoms with Gasteiger partial charge in [0.15, 0.2) is 0 Å². The van der Waals surface area contributed by atoms with Crippen LogP contribution in [0.3, 0.4) is 0 Å². The minimum Gasteiger partial charge on any atom is -0.318 e. The van der Waals surface area contributed by atoms with E-state index in [0.29, 0.717) is 5.69 Å². The summed E-state index contributed by atoms with van der Waals surface area (Å²) in [6, 6.07) is 3.62. The average Bonchev–Trinajstić information content (AvgIpc) is 2.62. The number of aryl methyl sites for hydroxylation is 2. The summed E-state index contributed by atoms with van der Waals surface area (Å²) in [4.78, 5) is 26.7. The molecule has 1 aromatic carbocycles. The lowest BCUT2D eigenvalue weighted by Crippen LogP contribution is -2.31. The van der Waals surface area contributed by atoms with E-state index < -0.39 is 0 Å². The summed E-state index contributed by atoms with van der Waals surface area (Å²) in [7, 11) is 4.30. The molecule has 0 aliphatic carbocycles. The first-order valence-electron chi connectivity index (χ1n) is 6.45. The number of imide groups is 1. The van der Waals surface area contributed by atoms with E-state index in [1.54, 1.807) is 18.4 Å². The Bertz CT molecular complexity index is 539. The fraction of sp³-hybridized carbons (Fsp3) is 0.429. The first-order valence-corrected chi connectivity index (χ1v) is 8.92. The van der Waals surface area contributed by atoms with Gasteiger partial charge in [0.1, 0.15) is 6.54 Å². The third-order valence-corrected chi connectivity index (χ3v) is 4.70. The molecule has 3 amide bonds. The molecule has 0 bridgehead atoms. The van der Waals surface area contributed by atoms with Gasteiger partial charge in [0, 0.05) is 12.8 Å². The van der Waals surface area contributed by atoms with E-state index in [9.17, 15) is 9.59 Å². The van der Waals surface area contributed by atoms with E-state index in [1.807, 2.05) is 26.0 Å². The highest BCUT2D eigenvalue weighted by Crippen LogP contribution is 2.27. The Hall–Kier alpha value is -1.06. The lowest BCUT2D eigenvalue weighted by Gasteiger charge is -2.18. The average molecular weight is 310 g/mol. The second-order valence-electron chi connectivity index (χ2n) is 5.05. The molecule has 1 fully saturated rings. The Kier molecular flexibility index (Phi) is 4.71. The molecule has 1 aromatic rings. The summed E-state index contributed by atoms with van der Waals surface area (Å²) in [5.41, 5.74) is 4.25. The molecule has 108 valence electrons. The molecular weight excluding hydrogens is 291 g/mol. The fourth-order valence-electron chi connectivity index (χ4n) is 2.53. The molecule has 1 atom stereocenters. The Morgan fingerprint density at radius 1 is 1.25 bits per heavy atom. The van der Waals surface area contributed by atoms with Crippen molar-refractivity contribution in [2.45, 2.75) is 20.3 Å².